The number of rotatable bonds is 7. The molecule has 3 heterocycles. The first-order valence-electron chi connectivity index (χ1n) is 12.4. The predicted octanol–water partition coefficient (Wildman–Crippen LogP) is 3.08. The number of amides is 4. The van der Waals surface area contributed by atoms with Gasteiger partial charge in [-0.3, -0.25) is 14.5 Å². The molecular weight excluding hydrogens is 452 g/mol. The van der Waals surface area contributed by atoms with E-state index in [2.05, 4.69) is 5.48 Å². The van der Waals surface area contributed by atoms with Gasteiger partial charge in [-0.1, -0.05) is 30.3 Å². The molecule has 3 aliphatic heterocycles. The number of ether oxygens (including phenoxy) is 1. The van der Waals surface area contributed by atoms with Crippen molar-refractivity contribution in [3.05, 3.63) is 35.9 Å². The molecule has 10 nitrogen and oxygen atoms in total. The van der Waals surface area contributed by atoms with Gasteiger partial charge in [0.15, 0.2) is 0 Å². The minimum Gasteiger partial charge on any atom is -0.444 e. The summed E-state index contributed by atoms with van der Waals surface area (Å²) in [7, 11) is 0. The minimum atomic E-state index is -0.589. The van der Waals surface area contributed by atoms with Gasteiger partial charge in [-0.2, -0.15) is 5.06 Å². The first-order valence-corrected chi connectivity index (χ1v) is 12.4. The molecule has 1 N–H and O–H groups in total. The Morgan fingerprint density at radius 1 is 1.09 bits per heavy atom. The van der Waals surface area contributed by atoms with Crippen molar-refractivity contribution in [1.29, 1.82) is 0 Å². The number of fused-ring (bicyclic) bond motifs is 2. The van der Waals surface area contributed by atoms with Gasteiger partial charge in [-0.25, -0.2) is 15.1 Å². The van der Waals surface area contributed by atoms with Gasteiger partial charge in [0.1, 0.15) is 18.2 Å². The Balaban J connectivity index is 1.22. The van der Waals surface area contributed by atoms with E-state index in [0.717, 1.165) is 18.4 Å². The standard InChI is InChI=1S/C25H36N4O6/c1-25(2,3)35-24(32)27-13-7-10-19(14-27)16-33-26-22(30)21-12-11-20-15-28(21)23(31)29(20)34-17-18-8-5-4-6-9-18/h4-6,8-9,19-21H,7,10-17H2,1-3H3,(H,26,30)/t19?,20-,21+/m1/s1. The molecule has 3 atom stereocenters. The van der Waals surface area contributed by atoms with Gasteiger partial charge >= 0.3 is 12.1 Å². The molecular formula is C25H36N4O6. The Bertz CT molecular complexity index is 905. The van der Waals surface area contributed by atoms with Crippen LogP contribution in [0.4, 0.5) is 9.59 Å². The lowest BCUT2D eigenvalue weighted by atomic mass is 9.99. The van der Waals surface area contributed by atoms with Crippen molar-refractivity contribution in [1.82, 2.24) is 20.3 Å². The average molecular weight is 489 g/mol. The van der Waals surface area contributed by atoms with Crippen LogP contribution in [0.3, 0.4) is 0 Å². The summed E-state index contributed by atoms with van der Waals surface area (Å²) >= 11 is 0. The van der Waals surface area contributed by atoms with Crippen LogP contribution in [0.25, 0.3) is 0 Å². The lowest BCUT2D eigenvalue weighted by Crippen LogP contribution is -2.50. The molecule has 1 aromatic rings. The number of hydrogen-bond acceptors (Lipinski definition) is 6. The van der Waals surface area contributed by atoms with Crippen LogP contribution >= 0.6 is 0 Å². The molecule has 0 spiro atoms. The molecule has 10 heteroatoms. The van der Waals surface area contributed by atoms with E-state index < -0.39 is 11.6 Å². The highest BCUT2D eigenvalue weighted by atomic mass is 16.7. The molecule has 35 heavy (non-hydrogen) atoms. The minimum absolute atomic E-state index is 0.0581. The van der Waals surface area contributed by atoms with Gasteiger partial charge < -0.3 is 14.5 Å². The van der Waals surface area contributed by atoms with Crippen LogP contribution in [0, 0.1) is 5.92 Å². The molecule has 192 valence electrons. The molecule has 1 unspecified atom stereocenters. The van der Waals surface area contributed by atoms with Gasteiger partial charge in [0.25, 0.3) is 5.91 Å². The number of nitrogens with zero attached hydrogens (tertiary/aromatic N) is 3. The summed E-state index contributed by atoms with van der Waals surface area (Å²) in [5.41, 5.74) is 2.97. The Morgan fingerprint density at radius 3 is 2.60 bits per heavy atom. The summed E-state index contributed by atoms with van der Waals surface area (Å²) in [6.45, 7) is 7.77. The van der Waals surface area contributed by atoms with Crippen LogP contribution in [0.15, 0.2) is 30.3 Å². The fraction of sp³-hybridized carbons (Fsp3) is 0.640. The number of carbonyl (C=O) groups is 3. The first kappa shape index (κ1) is 25.2. The fourth-order valence-electron chi connectivity index (χ4n) is 4.78. The van der Waals surface area contributed by atoms with Crippen molar-refractivity contribution in [2.75, 3.05) is 26.2 Å². The van der Waals surface area contributed by atoms with E-state index in [-0.39, 0.29) is 30.0 Å². The zero-order valence-electron chi connectivity index (χ0n) is 20.8. The van der Waals surface area contributed by atoms with Crippen molar-refractivity contribution >= 4 is 18.0 Å². The number of hydrogen-bond donors (Lipinski definition) is 1. The average Bonchev–Trinajstić information content (AvgIpc) is 3.06. The second-order valence-electron chi connectivity index (χ2n) is 10.5. The summed E-state index contributed by atoms with van der Waals surface area (Å²) in [4.78, 5) is 52.6. The number of carbonyl (C=O) groups excluding carboxylic acids is 3. The van der Waals surface area contributed by atoms with E-state index in [1.54, 1.807) is 9.80 Å². The Labute approximate surface area is 206 Å². The van der Waals surface area contributed by atoms with Crippen molar-refractivity contribution in [2.45, 2.75) is 70.7 Å². The Kier molecular flexibility index (Phi) is 7.81. The third kappa shape index (κ3) is 6.43. The number of urea groups is 1. The Morgan fingerprint density at radius 2 is 1.86 bits per heavy atom. The van der Waals surface area contributed by atoms with E-state index in [9.17, 15) is 14.4 Å². The van der Waals surface area contributed by atoms with Gasteiger partial charge in [-0.05, 0) is 52.0 Å². The van der Waals surface area contributed by atoms with Crippen LogP contribution < -0.4 is 5.48 Å². The first-order chi connectivity index (χ1) is 16.7. The second-order valence-corrected chi connectivity index (χ2v) is 10.5. The van der Waals surface area contributed by atoms with Crippen molar-refractivity contribution in [3.63, 3.8) is 0 Å². The monoisotopic (exact) mass is 488 g/mol. The Hall–Kier alpha value is -2.85. The number of hydroxylamine groups is 3. The molecule has 1 aromatic carbocycles. The SMILES string of the molecule is CC(C)(C)OC(=O)N1CCCC(CONC(=O)[C@@H]2CC[C@@H]3CN2C(=O)N3OCc2ccccc2)C1. The fourth-order valence-corrected chi connectivity index (χ4v) is 4.78. The van der Waals surface area contributed by atoms with Gasteiger partial charge in [0.2, 0.25) is 0 Å². The molecule has 0 aliphatic carbocycles. The summed E-state index contributed by atoms with van der Waals surface area (Å²) < 4.78 is 5.46. The van der Waals surface area contributed by atoms with Gasteiger partial charge in [0.05, 0.1) is 12.6 Å². The summed E-state index contributed by atoms with van der Waals surface area (Å²) in [5.74, 6) is -0.232. The molecule has 0 aromatic heterocycles. The predicted molar refractivity (Wildman–Crippen MR) is 127 cm³/mol. The van der Waals surface area contributed by atoms with Crippen LogP contribution in [-0.2, 0) is 25.8 Å². The maximum atomic E-state index is 12.9. The van der Waals surface area contributed by atoms with Crippen LogP contribution in [0.2, 0.25) is 0 Å². The number of likely N-dealkylation sites (tertiary alicyclic amines) is 1. The van der Waals surface area contributed by atoms with Crippen LogP contribution in [-0.4, -0.2) is 76.8 Å². The van der Waals surface area contributed by atoms with E-state index in [0.29, 0.717) is 45.7 Å². The van der Waals surface area contributed by atoms with E-state index in [1.807, 2.05) is 51.1 Å². The van der Waals surface area contributed by atoms with E-state index in [1.165, 1.54) is 5.06 Å². The van der Waals surface area contributed by atoms with Crippen molar-refractivity contribution in [3.8, 4) is 0 Å². The molecule has 4 amide bonds. The number of piperidine rings is 2. The second kappa shape index (κ2) is 10.8. The molecule has 3 fully saturated rings. The molecule has 2 bridgehead atoms. The summed E-state index contributed by atoms with van der Waals surface area (Å²) in [6.07, 6.45) is 2.66. The highest BCUT2D eigenvalue weighted by Gasteiger charge is 2.48. The maximum Gasteiger partial charge on any atom is 0.410 e. The van der Waals surface area contributed by atoms with Crippen molar-refractivity contribution < 1.29 is 28.8 Å². The zero-order chi connectivity index (χ0) is 25.0. The van der Waals surface area contributed by atoms with Crippen LogP contribution in [0.1, 0.15) is 52.0 Å². The molecule has 4 rings (SSSR count). The molecule has 0 radical (unpaired) electrons. The lowest BCUT2D eigenvalue weighted by molar-refractivity contribution is -0.141. The number of nitrogens with one attached hydrogen (secondary N) is 1. The van der Waals surface area contributed by atoms with E-state index >= 15 is 0 Å². The maximum absolute atomic E-state index is 12.9. The van der Waals surface area contributed by atoms with Crippen molar-refractivity contribution in [2.24, 2.45) is 5.92 Å². The van der Waals surface area contributed by atoms with Gasteiger partial charge in [-0.15, -0.1) is 0 Å². The highest BCUT2D eigenvalue weighted by molar-refractivity contribution is 5.88. The normalized spacial score (nSPS) is 24.5. The third-order valence-electron chi connectivity index (χ3n) is 6.50. The number of benzene rings is 1. The van der Waals surface area contributed by atoms with E-state index in [4.69, 9.17) is 14.4 Å². The highest BCUT2D eigenvalue weighted by Crippen LogP contribution is 2.30. The summed E-state index contributed by atoms with van der Waals surface area (Å²) in [6, 6.07) is 8.73. The quantitative estimate of drug-likeness (QED) is 0.592. The third-order valence-corrected chi connectivity index (χ3v) is 6.50. The molecule has 3 saturated heterocycles. The van der Waals surface area contributed by atoms with Gasteiger partial charge in [0, 0.05) is 25.6 Å². The zero-order valence-corrected chi connectivity index (χ0v) is 20.8. The topological polar surface area (TPSA) is 101 Å². The molecule has 0 saturated carbocycles. The summed E-state index contributed by atoms with van der Waals surface area (Å²) in [5, 5.41) is 1.41. The smallest absolute Gasteiger partial charge is 0.410 e. The van der Waals surface area contributed by atoms with Crippen LogP contribution in [0.5, 0.6) is 0 Å². The largest absolute Gasteiger partial charge is 0.444 e. The molecule has 3 aliphatic rings. The lowest BCUT2D eigenvalue weighted by Gasteiger charge is -2.34.